The van der Waals surface area contributed by atoms with Crippen molar-refractivity contribution in [3.8, 4) is 0 Å². The van der Waals surface area contributed by atoms with Crippen molar-refractivity contribution >= 4 is 22.9 Å². The van der Waals surface area contributed by atoms with Gasteiger partial charge in [0, 0.05) is 11.6 Å². The number of hydrogen-bond donors (Lipinski definition) is 0. The van der Waals surface area contributed by atoms with Crippen LogP contribution in [0.4, 0.5) is 0 Å². The van der Waals surface area contributed by atoms with E-state index < -0.39 is 0 Å². The van der Waals surface area contributed by atoms with Gasteiger partial charge in [-0.2, -0.15) is 0 Å². The maximum atomic E-state index is 5.80. The van der Waals surface area contributed by atoms with Crippen LogP contribution in [0.25, 0.3) is 0 Å². The maximum Gasteiger partial charge on any atom is 0.148 e. The van der Waals surface area contributed by atoms with Crippen molar-refractivity contribution in [3.63, 3.8) is 0 Å². The standard InChI is InChI=1S/C9H11ClN4S/c1-9(2,8-11-3-4-15-8)14-6-12-13-7(14)5-10/h3-4,6H,5H2,1-2H3. The minimum atomic E-state index is -0.248. The van der Waals surface area contributed by atoms with Crippen LogP contribution in [0.15, 0.2) is 17.9 Å². The van der Waals surface area contributed by atoms with Gasteiger partial charge < -0.3 is 4.57 Å². The Hall–Kier alpha value is -0.940. The Balaban J connectivity index is 2.46. The molecule has 2 rings (SSSR count). The first-order chi connectivity index (χ1) is 7.16. The number of alkyl halides is 1. The molecule has 2 heterocycles. The Labute approximate surface area is 96.9 Å². The first-order valence-electron chi connectivity index (χ1n) is 4.51. The summed E-state index contributed by atoms with van der Waals surface area (Å²) in [5.41, 5.74) is -0.248. The SMILES string of the molecule is CC(C)(c1nccs1)n1cnnc1CCl. The maximum absolute atomic E-state index is 5.80. The Morgan fingerprint density at radius 1 is 1.53 bits per heavy atom. The van der Waals surface area contributed by atoms with E-state index in [9.17, 15) is 0 Å². The molecular weight excluding hydrogens is 232 g/mol. The van der Waals surface area contributed by atoms with E-state index in [2.05, 4.69) is 29.0 Å². The van der Waals surface area contributed by atoms with Crippen LogP contribution in [-0.2, 0) is 11.4 Å². The summed E-state index contributed by atoms with van der Waals surface area (Å²) in [7, 11) is 0. The molecule has 0 saturated heterocycles. The number of rotatable bonds is 3. The molecule has 0 radical (unpaired) electrons. The van der Waals surface area contributed by atoms with Gasteiger partial charge in [-0.1, -0.05) is 0 Å². The lowest BCUT2D eigenvalue weighted by Gasteiger charge is -2.24. The lowest BCUT2D eigenvalue weighted by atomic mass is 10.1. The topological polar surface area (TPSA) is 43.6 Å². The molecule has 80 valence electrons. The normalized spacial score (nSPS) is 11.9. The van der Waals surface area contributed by atoms with Gasteiger partial charge >= 0.3 is 0 Å². The van der Waals surface area contributed by atoms with E-state index in [1.807, 2.05) is 9.95 Å². The van der Waals surface area contributed by atoms with E-state index in [4.69, 9.17) is 11.6 Å². The van der Waals surface area contributed by atoms with Crippen molar-refractivity contribution in [2.75, 3.05) is 0 Å². The Bertz CT molecular complexity index is 435. The third kappa shape index (κ3) is 1.77. The highest BCUT2D eigenvalue weighted by Crippen LogP contribution is 2.28. The second-order valence-electron chi connectivity index (χ2n) is 3.65. The molecule has 0 N–H and O–H groups in total. The molecule has 0 saturated carbocycles. The van der Waals surface area contributed by atoms with Crippen molar-refractivity contribution in [1.82, 2.24) is 19.7 Å². The lowest BCUT2D eigenvalue weighted by Crippen LogP contribution is -2.28. The molecule has 15 heavy (non-hydrogen) atoms. The Morgan fingerprint density at radius 3 is 2.93 bits per heavy atom. The molecule has 0 unspecified atom stereocenters. The van der Waals surface area contributed by atoms with Gasteiger partial charge in [-0.25, -0.2) is 4.98 Å². The molecule has 0 aromatic carbocycles. The molecule has 0 bridgehead atoms. The number of thiazole rings is 1. The summed E-state index contributed by atoms with van der Waals surface area (Å²) in [5, 5.41) is 10.8. The van der Waals surface area contributed by atoms with Gasteiger partial charge in [0.15, 0.2) is 0 Å². The summed E-state index contributed by atoms with van der Waals surface area (Å²) < 4.78 is 1.96. The van der Waals surface area contributed by atoms with Crippen LogP contribution in [0.1, 0.15) is 24.7 Å². The summed E-state index contributed by atoms with van der Waals surface area (Å²) in [4.78, 5) is 4.32. The summed E-state index contributed by atoms with van der Waals surface area (Å²) in [6.07, 6.45) is 3.49. The number of halogens is 1. The molecule has 2 aromatic heterocycles. The van der Waals surface area contributed by atoms with Gasteiger partial charge in [0.1, 0.15) is 17.2 Å². The molecule has 0 aliphatic rings. The second kappa shape index (κ2) is 3.90. The van der Waals surface area contributed by atoms with Crippen LogP contribution < -0.4 is 0 Å². The highest BCUT2D eigenvalue weighted by molar-refractivity contribution is 7.09. The summed E-state index contributed by atoms with van der Waals surface area (Å²) in [5.74, 6) is 1.12. The summed E-state index contributed by atoms with van der Waals surface area (Å²) >= 11 is 7.42. The van der Waals surface area contributed by atoms with Gasteiger partial charge in [-0.15, -0.1) is 33.1 Å². The summed E-state index contributed by atoms with van der Waals surface area (Å²) in [6.45, 7) is 4.15. The largest absolute Gasteiger partial charge is 0.304 e. The molecule has 4 nitrogen and oxygen atoms in total. The zero-order valence-corrected chi connectivity index (χ0v) is 10.1. The van der Waals surface area contributed by atoms with E-state index >= 15 is 0 Å². The van der Waals surface area contributed by atoms with E-state index in [0.717, 1.165) is 10.8 Å². The molecule has 0 aliphatic carbocycles. The fourth-order valence-electron chi connectivity index (χ4n) is 1.45. The zero-order valence-electron chi connectivity index (χ0n) is 8.51. The molecule has 0 aliphatic heterocycles. The quantitative estimate of drug-likeness (QED) is 0.776. The van der Waals surface area contributed by atoms with E-state index in [1.165, 1.54) is 0 Å². The average molecular weight is 243 g/mol. The van der Waals surface area contributed by atoms with Crippen LogP contribution in [0.5, 0.6) is 0 Å². The number of aromatic nitrogens is 4. The van der Waals surface area contributed by atoms with Gasteiger partial charge in [0.05, 0.1) is 11.4 Å². The molecule has 0 fully saturated rings. The van der Waals surface area contributed by atoms with Crippen LogP contribution in [0.3, 0.4) is 0 Å². The monoisotopic (exact) mass is 242 g/mol. The Kier molecular flexibility index (Phi) is 2.75. The smallest absolute Gasteiger partial charge is 0.148 e. The molecular formula is C9H11ClN4S. The molecule has 2 aromatic rings. The number of hydrogen-bond acceptors (Lipinski definition) is 4. The molecule has 0 spiro atoms. The van der Waals surface area contributed by atoms with Crippen LogP contribution >= 0.6 is 22.9 Å². The molecule has 6 heteroatoms. The highest BCUT2D eigenvalue weighted by Gasteiger charge is 2.27. The van der Waals surface area contributed by atoms with Gasteiger partial charge in [0.25, 0.3) is 0 Å². The molecule has 0 amide bonds. The molecule has 0 atom stereocenters. The summed E-state index contributed by atoms with van der Waals surface area (Å²) in [6, 6.07) is 0. The van der Waals surface area contributed by atoms with Crippen molar-refractivity contribution in [3.05, 3.63) is 28.7 Å². The fourth-order valence-corrected chi connectivity index (χ4v) is 2.39. The Morgan fingerprint density at radius 2 is 2.33 bits per heavy atom. The zero-order chi connectivity index (χ0) is 10.9. The second-order valence-corrected chi connectivity index (χ2v) is 4.81. The average Bonchev–Trinajstić information content (AvgIpc) is 2.89. The predicted molar refractivity (Wildman–Crippen MR) is 60.1 cm³/mol. The van der Waals surface area contributed by atoms with Crippen LogP contribution in [-0.4, -0.2) is 19.7 Å². The highest BCUT2D eigenvalue weighted by atomic mass is 35.5. The van der Waals surface area contributed by atoms with Crippen LogP contribution in [0, 0.1) is 0 Å². The van der Waals surface area contributed by atoms with E-state index in [-0.39, 0.29) is 5.54 Å². The van der Waals surface area contributed by atoms with Crippen molar-refractivity contribution in [1.29, 1.82) is 0 Å². The predicted octanol–water partition coefficient (Wildman–Crippen LogP) is 2.26. The minimum Gasteiger partial charge on any atom is -0.304 e. The van der Waals surface area contributed by atoms with Gasteiger partial charge in [-0.05, 0) is 13.8 Å². The van der Waals surface area contributed by atoms with E-state index in [0.29, 0.717) is 5.88 Å². The van der Waals surface area contributed by atoms with Crippen molar-refractivity contribution in [2.45, 2.75) is 25.3 Å². The van der Waals surface area contributed by atoms with Crippen molar-refractivity contribution in [2.24, 2.45) is 0 Å². The minimum absolute atomic E-state index is 0.248. The first kappa shape index (κ1) is 10.6. The third-order valence-corrected chi connectivity index (χ3v) is 3.62. The fraction of sp³-hybridized carbons (Fsp3) is 0.444. The van der Waals surface area contributed by atoms with Crippen LogP contribution in [0.2, 0.25) is 0 Å². The van der Waals surface area contributed by atoms with Gasteiger partial charge in [-0.3, -0.25) is 0 Å². The third-order valence-electron chi connectivity index (χ3n) is 2.30. The van der Waals surface area contributed by atoms with Gasteiger partial charge in [0.2, 0.25) is 0 Å². The number of nitrogens with zero attached hydrogens (tertiary/aromatic N) is 4. The lowest BCUT2D eigenvalue weighted by molar-refractivity contribution is 0.421. The van der Waals surface area contributed by atoms with Crippen molar-refractivity contribution < 1.29 is 0 Å². The van der Waals surface area contributed by atoms with E-state index in [1.54, 1.807) is 23.9 Å². The first-order valence-corrected chi connectivity index (χ1v) is 5.93.